The second kappa shape index (κ2) is 10.3. The maximum Gasteiger partial charge on any atom is 0.416 e. The van der Waals surface area contributed by atoms with Crippen LogP contribution < -0.4 is 5.32 Å². The summed E-state index contributed by atoms with van der Waals surface area (Å²) < 4.78 is 44.7. The number of benzene rings is 2. The van der Waals surface area contributed by atoms with Crippen LogP contribution in [0.25, 0.3) is 0 Å². The fraction of sp³-hybridized carbons (Fsp3) is 0.500. The number of piperidine rings is 1. The molecule has 0 radical (unpaired) electrons. The molecule has 2 fully saturated rings. The summed E-state index contributed by atoms with van der Waals surface area (Å²) in [7, 11) is 0. The van der Waals surface area contributed by atoms with E-state index in [-0.39, 0.29) is 11.3 Å². The highest BCUT2D eigenvalue weighted by molar-refractivity contribution is 5.37. The van der Waals surface area contributed by atoms with Gasteiger partial charge in [-0.1, -0.05) is 59.6 Å². The number of aryl methyl sites for hydroxylation is 1. The molecule has 2 aromatic carbocycles. The van der Waals surface area contributed by atoms with Gasteiger partial charge in [0.1, 0.15) is 0 Å². The zero-order chi connectivity index (χ0) is 25.2. The molecule has 2 heterocycles. The van der Waals surface area contributed by atoms with E-state index in [4.69, 9.17) is 9.51 Å². The summed E-state index contributed by atoms with van der Waals surface area (Å²) >= 11 is 0. The lowest BCUT2D eigenvalue weighted by molar-refractivity contribution is -0.137. The van der Waals surface area contributed by atoms with E-state index >= 15 is 0 Å². The van der Waals surface area contributed by atoms with Gasteiger partial charge in [-0.05, 0) is 68.8 Å². The number of aromatic nitrogens is 2. The predicted octanol–water partition coefficient (Wildman–Crippen LogP) is 5.84. The molecular weight excluding hydrogens is 465 g/mol. The molecule has 1 saturated carbocycles. The Hall–Kier alpha value is -2.71. The second-order valence-electron chi connectivity index (χ2n) is 10.2. The molecule has 5 nitrogen and oxygen atoms in total. The number of hydrogen-bond acceptors (Lipinski definition) is 5. The van der Waals surface area contributed by atoms with Gasteiger partial charge in [0.2, 0.25) is 5.89 Å². The van der Waals surface area contributed by atoms with Gasteiger partial charge in [-0.25, -0.2) is 0 Å². The van der Waals surface area contributed by atoms with Crippen molar-refractivity contribution in [3.8, 4) is 0 Å². The van der Waals surface area contributed by atoms with Crippen LogP contribution >= 0.6 is 0 Å². The van der Waals surface area contributed by atoms with Gasteiger partial charge in [0.25, 0.3) is 0 Å². The third kappa shape index (κ3) is 5.34. The van der Waals surface area contributed by atoms with Gasteiger partial charge in [0.05, 0.1) is 17.5 Å². The van der Waals surface area contributed by atoms with Crippen LogP contribution in [0.5, 0.6) is 0 Å². The van der Waals surface area contributed by atoms with Crippen molar-refractivity contribution in [2.24, 2.45) is 0 Å². The molecule has 0 atom stereocenters. The van der Waals surface area contributed by atoms with Crippen LogP contribution in [0, 0.1) is 6.92 Å². The van der Waals surface area contributed by atoms with Gasteiger partial charge < -0.3 is 14.7 Å². The highest BCUT2D eigenvalue weighted by atomic mass is 19.4. The zero-order valence-corrected chi connectivity index (χ0v) is 20.7. The quantitative estimate of drug-likeness (QED) is 0.396. The minimum Gasteiger partial charge on any atom is -0.338 e. The van der Waals surface area contributed by atoms with Gasteiger partial charge in [0, 0.05) is 13.1 Å². The summed E-state index contributed by atoms with van der Waals surface area (Å²) in [6.45, 7) is 6.04. The maximum absolute atomic E-state index is 13.0. The van der Waals surface area contributed by atoms with Crippen LogP contribution in [0.1, 0.15) is 72.0 Å². The number of rotatable bonds is 8. The molecule has 0 unspecified atom stereocenters. The summed E-state index contributed by atoms with van der Waals surface area (Å²) in [4.78, 5) is 7.08. The number of hydrogen-bond donors (Lipinski definition) is 1. The molecule has 1 aliphatic heterocycles. The smallest absolute Gasteiger partial charge is 0.338 e. The fourth-order valence-corrected chi connectivity index (χ4v) is 5.46. The van der Waals surface area contributed by atoms with E-state index in [2.05, 4.69) is 46.6 Å². The first kappa shape index (κ1) is 25.0. The van der Waals surface area contributed by atoms with E-state index in [1.165, 1.54) is 29.7 Å². The standard InChI is InChI=1S/C28H33F3N4O/c1-20-6-8-23(9-7-20)27(12-3-13-27)26-33-25(36-34-26)19-32-14-17-35-15-10-21(11-16-35)22-4-2-5-24(18-22)28(29,30)31/h2,4-9,18,21,32H,3,10-17,19H2,1H3. The van der Waals surface area contributed by atoms with E-state index < -0.39 is 11.7 Å². The Bertz CT molecular complexity index is 1150. The molecule has 3 aromatic rings. The first-order valence-corrected chi connectivity index (χ1v) is 12.8. The molecule has 1 aromatic heterocycles. The van der Waals surface area contributed by atoms with Crippen LogP contribution in [-0.2, 0) is 18.1 Å². The molecule has 0 spiro atoms. The summed E-state index contributed by atoms with van der Waals surface area (Å²) in [5, 5.41) is 7.73. The van der Waals surface area contributed by atoms with Gasteiger partial charge in [-0.2, -0.15) is 18.2 Å². The third-order valence-electron chi connectivity index (χ3n) is 7.86. The number of likely N-dealkylation sites (tertiary alicyclic amines) is 1. The van der Waals surface area contributed by atoms with Crippen molar-refractivity contribution in [2.45, 2.75) is 63.1 Å². The van der Waals surface area contributed by atoms with Crippen molar-refractivity contribution >= 4 is 0 Å². The minimum absolute atomic E-state index is 0.126. The topological polar surface area (TPSA) is 54.2 Å². The Kier molecular flexibility index (Phi) is 7.17. The highest BCUT2D eigenvalue weighted by Crippen LogP contribution is 2.47. The molecule has 5 rings (SSSR count). The molecule has 36 heavy (non-hydrogen) atoms. The monoisotopic (exact) mass is 498 g/mol. The van der Waals surface area contributed by atoms with Gasteiger partial charge in [-0.3, -0.25) is 0 Å². The van der Waals surface area contributed by atoms with Gasteiger partial charge in [0.15, 0.2) is 5.82 Å². The predicted molar refractivity (Wildman–Crippen MR) is 132 cm³/mol. The molecule has 1 aliphatic carbocycles. The SMILES string of the molecule is Cc1ccc(C2(c3noc(CNCCN4CCC(c5cccc(C(F)(F)F)c5)CC4)n3)CCC2)cc1. The summed E-state index contributed by atoms with van der Waals surface area (Å²) in [5.41, 5.74) is 2.61. The van der Waals surface area contributed by atoms with E-state index in [1.54, 1.807) is 0 Å². The van der Waals surface area contributed by atoms with Crippen molar-refractivity contribution in [1.82, 2.24) is 20.4 Å². The van der Waals surface area contributed by atoms with E-state index in [0.29, 0.717) is 12.4 Å². The average Bonchev–Trinajstić information content (AvgIpc) is 3.31. The number of halogens is 3. The number of alkyl halides is 3. The highest BCUT2D eigenvalue weighted by Gasteiger charge is 2.44. The molecule has 192 valence electrons. The van der Waals surface area contributed by atoms with Gasteiger partial charge >= 0.3 is 6.18 Å². The first-order chi connectivity index (χ1) is 17.3. The third-order valence-corrected chi connectivity index (χ3v) is 7.86. The second-order valence-corrected chi connectivity index (χ2v) is 10.2. The van der Waals surface area contributed by atoms with Gasteiger partial charge in [-0.15, -0.1) is 0 Å². The van der Waals surface area contributed by atoms with Crippen LogP contribution in [0.3, 0.4) is 0 Å². The van der Waals surface area contributed by atoms with Crippen LogP contribution in [0.4, 0.5) is 13.2 Å². The Labute approximate surface area is 210 Å². The average molecular weight is 499 g/mol. The van der Waals surface area contributed by atoms with E-state index in [1.807, 2.05) is 6.07 Å². The molecule has 8 heteroatoms. The van der Waals surface area contributed by atoms with Crippen molar-refractivity contribution in [1.29, 1.82) is 0 Å². The van der Waals surface area contributed by atoms with Crippen LogP contribution in [0.15, 0.2) is 53.1 Å². The zero-order valence-electron chi connectivity index (χ0n) is 20.7. The Morgan fingerprint density at radius 2 is 1.83 bits per heavy atom. The summed E-state index contributed by atoms with van der Waals surface area (Å²) in [6, 6.07) is 14.4. The molecule has 2 aliphatic rings. The maximum atomic E-state index is 13.0. The van der Waals surface area contributed by atoms with E-state index in [0.717, 1.165) is 69.3 Å². The molecule has 1 N–H and O–H groups in total. The molecule has 1 saturated heterocycles. The van der Waals surface area contributed by atoms with Crippen LogP contribution in [0.2, 0.25) is 0 Å². The lowest BCUT2D eigenvalue weighted by Crippen LogP contribution is -2.38. The summed E-state index contributed by atoms with van der Waals surface area (Å²) in [6.07, 6.45) is 0.698. The number of nitrogens with zero attached hydrogens (tertiary/aromatic N) is 3. The van der Waals surface area contributed by atoms with Crippen molar-refractivity contribution in [2.75, 3.05) is 26.2 Å². The number of nitrogens with one attached hydrogen (secondary N) is 1. The Morgan fingerprint density at radius 1 is 1.08 bits per heavy atom. The normalized spacial score (nSPS) is 18.8. The molecule has 0 bridgehead atoms. The Morgan fingerprint density at radius 3 is 2.50 bits per heavy atom. The van der Waals surface area contributed by atoms with Crippen molar-refractivity contribution in [3.63, 3.8) is 0 Å². The van der Waals surface area contributed by atoms with Crippen molar-refractivity contribution in [3.05, 3.63) is 82.5 Å². The first-order valence-electron chi connectivity index (χ1n) is 12.8. The molecular formula is C28H33F3N4O. The fourth-order valence-electron chi connectivity index (χ4n) is 5.46. The van der Waals surface area contributed by atoms with Crippen LogP contribution in [-0.4, -0.2) is 41.2 Å². The largest absolute Gasteiger partial charge is 0.416 e. The van der Waals surface area contributed by atoms with E-state index in [9.17, 15) is 13.2 Å². The summed E-state index contributed by atoms with van der Waals surface area (Å²) in [5.74, 6) is 1.57. The molecule has 0 amide bonds. The van der Waals surface area contributed by atoms with Crippen molar-refractivity contribution < 1.29 is 17.7 Å². The lowest BCUT2D eigenvalue weighted by Gasteiger charge is -2.39. The Balaban J connectivity index is 1.07. The minimum atomic E-state index is -4.29. The lowest BCUT2D eigenvalue weighted by atomic mass is 9.64.